The summed E-state index contributed by atoms with van der Waals surface area (Å²) in [5, 5.41) is 27.8. The Morgan fingerprint density at radius 1 is 0.545 bits per heavy atom. The van der Waals surface area contributed by atoms with Crippen molar-refractivity contribution in [2.45, 2.75) is 161 Å². The topological polar surface area (TPSA) is 77.8 Å². The highest BCUT2D eigenvalue weighted by Crippen LogP contribution is 2.17. The van der Waals surface area contributed by atoms with Crippen LogP contribution in [0.25, 0.3) is 0 Å². The van der Waals surface area contributed by atoms with Crippen molar-refractivity contribution >= 4 is 5.97 Å². The molecule has 0 aromatic carbocycles. The first-order valence-electron chi connectivity index (χ1n) is 14.2. The quantitative estimate of drug-likeness (QED) is 0.0929. The fourth-order valence-electron chi connectivity index (χ4n) is 4.44. The van der Waals surface area contributed by atoms with Crippen LogP contribution in [0.1, 0.15) is 155 Å². The molecule has 0 radical (unpaired) electrons. The van der Waals surface area contributed by atoms with Gasteiger partial charge < -0.3 is 15.3 Å². The van der Waals surface area contributed by atoms with Crippen molar-refractivity contribution in [3.05, 3.63) is 11.1 Å². The van der Waals surface area contributed by atoms with E-state index in [1.807, 2.05) is 0 Å². The van der Waals surface area contributed by atoms with Gasteiger partial charge in [0.25, 0.3) is 0 Å². The summed E-state index contributed by atoms with van der Waals surface area (Å²) in [4.78, 5) is 10.9. The average molecular weight is 469 g/mol. The van der Waals surface area contributed by atoms with Crippen molar-refractivity contribution in [1.29, 1.82) is 0 Å². The van der Waals surface area contributed by atoms with Crippen LogP contribution in [0.2, 0.25) is 0 Å². The Bertz CT molecular complexity index is 472. The highest BCUT2D eigenvalue weighted by molar-refractivity contribution is 5.86. The predicted octanol–water partition coefficient (Wildman–Crippen LogP) is 8.34. The Morgan fingerprint density at radius 3 is 1.09 bits per heavy atom. The molecule has 1 atom stereocenters. The van der Waals surface area contributed by atoms with Gasteiger partial charge in [-0.15, -0.1) is 0 Å². The van der Waals surface area contributed by atoms with Gasteiger partial charge in [-0.1, -0.05) is 128 Å². The van der Waals surface area contributed by atoms with Gasteiger partial charge in [-0.25, -0.2) is 4.79 Å². The van der Waals surface area contributed by atoms with Crippen molar-refractivity contribution in [3.8, 4) is 0 Å². The van der Waals surface area contributed by atoms with Gasteiger partial charge in [0.05, 0.1) is 6.10 Å². The number of carboxylic acid groups (broad SMARTS) is 1. The number of aliphatic hydroxyl groups excluding tert-OH is 2. The number of hydrogen-bond acceptors (Lipinski definition) is 3. The minimum absolute atomic E-state index is 0.273. The first-order valence-corrected chi connectivity index (χ1v) is 14.2. The van der Waals surface area contributed by atoms with E-state index in [1.165, 1.54) is 116 Å². The zero-order chi connectivity index (χ0) is 24.6. The molecule has 0 saturated carbocycles. The van der Waals surface area contributed by atoms with Crippen molar-refractivity contribution in [2.24, 2.45) is 0 Å². The van der Waals surface area contributed by atoms with E-state index in [0.29, 0.717) is 18.6 Å². The Kier molecular flexibility index (Phi) is 23.6. The normalized spacial score (nSPS) is 13.2. The molecule has 0 fully saturated rings. The van der Waals surface area contributed by atoms with Crippen LogP contribution in [-0.2, 0) is 4.79 Å². The largest absolute Gasteiger partial charge is 0.478 e. The van der Waals surface area contributed by atoms with Crippen molar-refractivity contribution in [1.82, 2.24) is 0 Å². The maximum atomic E-state index is 10.9. The van der Waals surface area contributed by atoms with E-state index in [0.717, 1.165) is 19.3 Å². The van der Waals surface area contributed by atoms with Gasteiger partial charge >= 0.3 is 5.97 Å². The lowest BCUT2D eigenvalue weighted by molar-refractivity contribution is -0.132. The summed E-state index contributed by atoms with van der Waals surface area (Å²) in [6.45, 7) is 3.64. The molecule has 0 spiro atoms. The molecule has 0 saturated heterocycles. The molecule has 0 rings (SSSR count). The SMILES string of the molecule is CC(C(=O)O)=C(C)C(O)CCCCCCCCCCCCCCCCCCCCCCCO. The molecule has 0 heterocycles. The Morgan fingerprint density at radius 2 is 0.818 bits per heavy atom. The fraction of sp³-hybridized carbons (Fsp3) is 0.897. The molecule has 4 heteroatoms. The van der Waals surface area contributed by atoms with Crippen LogP contribution >= 0.6 is 0 Å². The van der Waals surface area contributed by atoms with Gasteiger partial charge in [-0.2, -0.15) is 0 Å². The van der Waals surface area contributed by atoms with Gasteiger partial charge in [0.1, 0.15) is 0 Å². The summed E-state index contributed by atoms with van der Waals surface area (Å²) in [6, 6.07) is 0. The maximum absolute atomic E-state index is 10.9. The third-order valence-electron chi connectivity index (χ3n) is 7.05. The molecule has 1 unspecified atom stereocenters. The summed E-state index contributed by atoms with van der Waals surface area (Å²) < 4.78 is 0. The fourth-order valence-corrected chi connectivity index (χ4v) is 4.44. The maximum Gasteiger partial charge on any atom is 0.331 e. The smallest absolute Gasteiger partial charge is 0.331 e. The monoisotopic (exact) mass is 468 g/mol. The highest BCUT2D eigenvalue weighted by atomic mass is 16.4. The van der Waals surface area contributed by atoms with E-state index in [-0.39, 0.29) is 5.57 Å². The molecule has 0 amide bonds. The van der Waals surface area contributed by atoms with Crippen molar-refractivity contribution < 1.29 is 20.1 Å². The van der Waals surface area contributed by atoms with E-state index in [4.69, 9.17) is 10.2 Å². The van der Waals surface area contributed by atoms with Crippen LogP contribution in [0.15, 0.2) is 11.1 Å². The molecule has 0 aliphatic carbocycles. The standard InChI is InChI=1S/C29H56O4/c1-26(27(2)29(32)33)28(31)24-22-20-18-16-14-12-10-8-6-4-3-5-7-9-11-13-15-17-19-21-23-25-30/h28,30-31H,3-25H2,1-2H3,(H,32,33). The summed E-state index contributed by atoms with van der Waals surface area (Å²) >= 11 is 0. The van der Waals surface area contributed by atoms with E-state index >= 15 is 0 Å². The zero-order valence-corrected chi connectivity index (χ0v) is 22.1. The van der Waals surface area contributed by atoms with Crippen LogP contribution in [0.4, 0.5) is 0 Å². The first kappa shape index (κ1) is 32.1. The number of hydrogen-bond donors (Lipinski definition) is 3. The van der Waals surface area contributed by atoms with Crippen LogP contribution < -0.4 is 0 Å². The second-order valence-corrected chi connectivity index (χ2v) is 10.1. The van der Waals surface area contributed by atoms with Crippen LogP contribution in [0.3, 0.4) is 0 Å². The summed E-state index contributed by atoms with van der Waals surface area (Å²) in [5.41, 5.74) is 0.870. The Hall–Kier alpha value is -0.870. The summed E-state index contributed by atoms with van der Waals surface area (Å²) in [6.07, 6.45) is 27.5. The number of aliphatic carboxylic acids is 1. The number of unbranched alkanes of at least 4 members (excludes halogenated alkanes) is 20. The summed E-state index contributed by atoms with van der Waals surface area (Å²) in [7, 11) is 0. The van der Waals surface area contributed by atoms with E-state index in [2.05, 4.69) is 0 Å². The van der Waals surface area contributed by atoms with E-state index < -0.39 is 12.1 Å². The molecule has 4 nitrogen and oxygen atoms in total. The minimum atomic E-state index is -0.935. The van der Waals surface area contributed by atoms with Gasteiger partial charge in [-0.3, -0.25) is 0 Å². The molecule has 3 N–H and O–H groups in total. The Balaban J connectivity index is 3.24. The average Bonchev–Trinajstić information content (AvgIpc) is 2.81. The first-order chi connectivity index (χ1) is 16.0. The Labute approximate surface area is 205 Å². The van der Waals surface area contributed by atoms with Crippen LogP contribution in [0, 0.1) is 0 Å². The molecular weight excluding hydrogens is 412 g/mol. The molecule has 0 aliphatic rings. The van der Waals surface area contributed by atoms with Gasteiger partial charge in [0.2, 0.25) is 0 Å². The number of aliphatic hydroxyl groups is 2. The van der Waals surface area contributed by atoms with E-state index in [1.54, 1.807) is 13.8 Å². The molecule has 33 heavy (non-hydrogen) atoms. The third kappa shape index (κ3) is 21.4. The zero-order valence-electron chi connectivity index (χ0n) is 22.1. The molecule has 0 aliphatic heterocycles. The van der Waals surface area contributed by atoms with E-state index in [9.17, 15) is 9.90 Å². The molecular formula is C29H56O4. The second-order valence-electron chi connectivity index (χ2n) is 10.1. The number of rotatable bonds is 25. The van der Waals surface area contributed by atoms with Crippen molar-refractivity contribution in [2.75, 3.05) is 6.61 Å². The molecule has 0 aromatic rings. The van der Waals surface area contributed by atoms with Crippen molar-refractivity contribution in [3.63, 3.8) is 0 Å². The highest BCUT2D eigenvalue weighted by Gasteiger charge is 2.13. The molecule has 196 valence electrons. The lowest BCUT2D eigenvalue weighted by Gasteiger charge is -2.12. The van der Waals surface area contributed by atoms with Gasteiger partial charge in [0.15, 0.2) is 0 Å². The predicted molar refractivity (Wildman–Crippen MR) is 141 cm³/mol. The summed E-state index contributed by atoms with van der Waals surface area (Å²) in [5.74, 6) is -0.935. The number of carboxylic acids is 1. The van der Waals surface area contributed by atoms with Crippen LogP contribution in [0.5, 0.6) is 0 Å². The third-order valence-corrected chi connectivity index (χ3v) is 7.05. The lowest BCUT2D eigenvalue weighted by Crippen LogP contribution is -2.13. The van der Waals surface area contributed by atoms with Gasteiger partial charge in [0, 0.05) is 12.2 Å². The minimum Gasteiger partial charge on any atom is -0.478 e. The number of carbonyl (C=O) groups is 1. The molecule has 0 bridgehead atoms. The van der Waals surface area contributed by atoms with Gasteiger partial charge in [-0.05, 0) is 32.3 Å². The van der Waals surface area contributed by atoms with Crippen LogP contribution in [-0.4, -0.2) is 34.0 Å². The molecule has 0 aromatic heterocycles. The second kappa shape index (κ2) is 24.3. The lowest BCUT2D eigenvalue weighted by atomic mass is 9.99.